The van der Waals surface area contributed by atoms with Crippen molar-refractivity contribution in [2.75, 3.05) is 0 Å². The van der Waals surface area contributed by atoms with Gasteiger partial charge in [-0.2, -0.15) is 10.2 Å². The second kappa shape index (κ2) is 4.29. The van der Waals surface area contributed by atoms with Crippen molar-refractivity contribution in [2.45, 2.75) is 6.42 Å². The van der Waals surface area contributed by atoms with Gasteiger partial charge in [0.2, 0.25) is 0 Å². The van der Waals surface area contributed by atoms with Crippen molar-refractivity contribution in [2.24, 2.45) is 10.2 Å². The van der Waals surface area contributed by atoms with E-state index in [0.717, 1.165) is 23.3 Å². The van der Waals surface area contributed by atoms with E-state index in [4.69, 9.17) is 0 Å². The van der Waals surface area contributed by atoms with E-state index in [2.05, 4.69) is 27.3 Å². The first-order valence-electron chi connectivity index (χ1n) is 5.53. The van der Waals surface area contributed by atoms with Gasteiger partial charge in [-0.25, -0.2) is 0 Å². The molecule has 0 spiro atoms. The molecule has 0 saturated heterocycles. The summed E-state index contributed by atoms with van der Waals surface area (Å²) < 4.78 is 0. The quantitative estimate of drug-likeness (QED) is 0.728. The number of pyridine rings is 1. The Bertz CT molecular complexity index is 585. The highest BCUT2D eigenvalue weighted by molar-refractivity contribution is 6.14. The molecular formula is C14H11N3. The van der Waals surface area contributed by atoms with Gasteiger partial charge in [-0.05, 0) is 17.7 Å². The molecule has 1 aliphatic heterocycles. The third-order valence-electron chi connectivity index (χ3n) is 2.76. The van der Waals surface area contributed by atoms with Crippen LogP contribution in [-0.2, 0) is 6.42 Å². The van der Waals surface area contributed by atoms with Crippen LogP contribution in [0, 0.1) is 0 Å². The minimum absolute atomic E-state index is 0.823. The number of rotatable bonds is 1. The van der Waals surface area contributed by atoms with Crippen molar-refractivity contribution >= 4 is 11.9 Å². The highest BCUT2D eigenvalue weighted by Gasteiger charge is 2.12. The van der Waals surface area contributed by atoms with Crippen LogP contribution in [0.1, 0.15) is 16.7 Å². The number of benzene rings is 1. The van der Waals surface area contributed by atoms with Gasteiger partial charge in [-0.1, -0.05) is 24.3 Å². The lowest BCUT2D eigenvalue weighted by molar-refractivity contribution is 1.23. The molecule has 2 heterocycles. The smallest absolute Gasteiger partial charge is 0.102 e. The Labute approximate surface area is 99.6 Å². The molecule has 0 radical (unpaired) electrons. The van der Waals surface area contributed by atoms with Crippen LogP contribution in [0.3, 0.4) is 0 Å². The first kappa shape index (κ1) is 9.90. The van der Waals surface area contributed by atoms with Crippen LogP contribution >= 0.6 is 0 Å². The van der Waals surface area contributed by atoms with E-state index in [1.165, 1.54) is 5.56 Å². The second-order valence-corrected chi connectivity index (χ2v) is 3.85. The molecule has 82 valence electrons. The predicted octanol–water partition coefficient (Wildman–Crippen LogP) is 2.46. The van der Waals surface area contributed by atoms with E-state index >= 15 is 0 Å². The van der Waals surface area contributed by atoms with Crippen molar-refractivity contribution in [3.63, 3.8) is 0 Å². The molecule has 0 bridgehead atoms. The summed E-state index contributed by atoms with van der Waals surface area (Å²) in [7, 11) is 0. The molecule has 3 rings (SSSR count). The highest BCUT2D eigenvalue weighted by atomic mass is 15.2. The molecule has 2 aromatic rings. The fourth-order valence-electron chi connectivity index (χ4n) is 1.94. The van der Waals surface area contributed by atoms with Gasteiger partial charge in [0.1, 0.15) is 5.71 Å². The summed E-state index contributed by atoms with van der Waals surface area (Å²) in [6.45, 7) is 0. The van der Waals surface area contributed by atoms with Gasteiger partial charge in [0.15, 0.2) is 0 Å². The molecular weight excluding hydrogens is 210 g/mol. The number of hydrogen-bond acceptors (Lipinski definition) is 3. The largest absolute Gasteiger partial charge is 0.264 e. The summed E-state index contributed by atoms with van der Waals surface area (Å²) in [5.41, 5.74) is 4.27. The lowest BCUT2D eigenvalue weighted by atomic mass is 9.97. The van der Waals surface area contributed by atoms with Crippen LogP contribution in [0.4, 0.5) is 0 Å². The maximum atomic E-state index is 4.28. The Morgan fingerprint density at radius 3 is 2.82 bits per heavy atom. The normalized spacial score (nSPS) is 13.8. The fourth-order valence-corrected chi connectivity index (χ4v) is 1.94. The number of nitrogens with zero attached hydrogens (tertiary/aromatic N) is 3. The minimum Gasteiger partial charge on any atom is -0.264 e. The van der Waals surface area contributed by atoms with E-state index in [1.807, 2.05) is 36.7 Å². The van der Waals surface area contributed by atoms with Gasteiger partial charge < -0.3 is 0 Å². The van der Waals surface area contributed by atoms with E-state index < -0.39 is 0 Å². The molecule has 3 heteroatoms. The highest BCUT2D eigenvalue weighted by Crippen LogP contribution is 2.17. The third kappa shape index (κ3) is 1.87. The summed E-state index contributed by atoms with van der Waals surface area (Å²) in [5, 5.41) is 8.36. The molecule has 1 aliphatic rings. The van der Waals surface area contributed by atoms with E-state index in [1.54, 1.807) is 6.20 Å². The van der Waals surface area contributed by atoms with Crippen LogP contribution < -0.4 is 0 Å². The first-order chi connectivity index (χ1) is 8.45. The SMILES string of the molecule is C1=NN=C(c2cccnc2)c2ccccc2C1. The van der Waals surface area contributed by atoms with Crippen molar-refractivity contribution < 1.29 is 0 Å². The summed E-state index contributed by atoms with van der Waals surface area (Å²) in [6, 6.07) is 12.2. The maximum absolute atomic E-state index is 4.28. The predicted molar refractivity (Wildman–Crippen MR) is 68.5 cm³/mol. The topological polar surface area (TPSA) is 37.6 Å². The van der Waals surface area contributed by atoms with Crippen molar-refractivity contribution in [3.8, 4) is 0 Å². The van der Waals surface area contributed by atoms with Crippen LogP contribution in [0.25, 0.3) is 0 Å². The molecule has 17 heavy (non-hydrogen) atoms. The molecule has 0 amide bonds. The zero-order chi connectivity index (χ0) is 11.5. The van der Waals surface area contributed by atoms with Gasteiger partial charge in [-0.3, -0.25) is 4.98 Å². The molecule has 0 aliphatic carbocycles. The van der Waals surface area contributed by atoms with Crippen molar-refractivity contribution in [3.05, 3.63) is 65.5 Å². The Kier molecular flexibility index (Phi) is 2.50. The van der Waals surface area contributed by atoms with Crippen LogP contribution in [-0.4, -0.2) is 16.9 Å². The monoisotopic (exact) mass is 221 g/mol. The molecule has 3 nitrogen and oxygen atoms in total. The minimum atomic E-state index is 0.823. The molecule has 1 aromatic carbocycles. The van der Waals surface area contributed by atoms with E-state index in [-0.39, 0.29) is 0 Å². The van der Waals surface area contributed by atoms with E-state index in [9.17, 15) is 0 Å². The van der Waals surface area contributed by atoms with Crippen LogP contribution in [0.15, 0.2) is 59.0 Å². The van der Waals surface area contributed by atoms with Gasteiger partial charge >= 0.3 is 0 Å². The number of fused-ring (bicyclic) bond motifs is 1. The Morgan fingerprint density at radius 1 is 1.00 bits per heavy atom. The average Bonchev–Trinajstić information content (AvgIpc) is 2.62. The second-order valence-electron chi connectivity index (χ2n) is 3.85. The summed E-state index contributed by atoms with van der Waals surface area (Å²) in [4.78, 5) is 4.13. The van der Waals surface area contributed by atoms with E-state index in [0.29, 0.717) is 0 Å². The molecule has 0 unspecified atom stereocenters. The standard InChI is InChI=1S/C14H11N3/c1-2-6-13-11(4-1)7-9-16-17-14(13)12-5-3-8-15-10-12/h1-6,8-10H,7H2. The lowest BCUT2D eigenvalue weighted by Gasteiger charge is -2.07. The number of hydrogen-bond donors (Lipinski definition) is 0. The van der Waals surface area contributed by atoms with Gasteiger partial charge in [0.05, 0.1) is 0 Å². The summed E-state index contributed by atoms with van der Waals surface area (Å²) in [5.74, 6) is 0. The molecule has 0 N–H and O–H groups in total. The Balaban J connectivity index is 2.18. The van der Waals surface area contributed by atoms with Gasteiger partial charge in [0.25, 0.3) is 0 Å². The molecule has 0 saturated carbocycles. The summed E-state index contributed by atoms with van der Waals surface area (Å²) >= 11 is 0. The van der Waals surface area contributed by atoms with Gasteiger partial charge in [0, 0.05) is 36.2 Å². The van der Waals surface area contributed by atoms with Crippen molar-refractivity contribution in [1.82, 2.24) is 4.98 Å². The Morgan fingerprint density at radius 2 is 1.94 bits per heavy atom. The zero-order valence-corrected chi connectivity index (χ0v) is 9.24. The van der Waals surface area contributed by atoms with Crippen LogP contribution in [0.2, 0.25) is 0 Å². The van der Waals surface area contributed by atoms with Crippen LogP contribution in [0.5, 0.6) is 0 Å². The molecule has 0 fully saturated rings. The third-order valence-corrected chi connectivity index (χ3v) is 2.76. The zero-order valence-electron chi connectivity index (χ0n) is 9.24. The molecule has 1 aromatic heterocycles. The maximum Gasteiger partial charge on any atom is 0.102 e. The summed E-state index contributed by atoms with van der Waals surface area (Å²) in [6.07, 6.45) is 6.23. The van der Waals surface area contributed by atoms with Crippen molar-refractivity contribution in [1.29, 1.82) is 0 Å². The lowest BCUT2D eigenvalue weighted by Crippen LogP contribution is -2.05. The average molecular weight is 221 g/mol. The van der Waals surface area contributed by atoms with Gasteiger partial charge in [-0.15, -0.1) is 0 Å². The Hall–Kier alpha value is -2.29. The first-order valence-corrected chi connectivity index (χ1v) is 5.53. The number of aromatic nitrogens is 1. The molecule has 0 atom stereocenters. The fraction of sp³-hybridized carbons (Fsp3) is 0.0714.